The smallest absolute Gasteiger partial charge is 0.220 e. The van der Waals surface area contributed by atoms with E-state index >= 15 is 0 Å². The molecule has 14 heavy (non-hydrogen) atoms. The van der Waals surface area contributed by atoms with Crippen LogP contribution in [0.2, 0.25) is 0 Å². The minimum Gasteiger partial charge on any atom is -0.335 e. The highest BCUT2D eigenvalue weighted by Gasteiger charge is 2.03. The average molecular weight is 195 g/mol. The summed E-state index contributed by atoms with van der Waals surface area (Å²) in [5.74, 6) is 0.125. The van der Waals surface area contributed by atoms with Crippen LogP contribution in [0.4, 0.5) is 0 Å². The van der Waals surface area contributed by atoms with Crippen molar-refractivity contribution in [1.29, 1.82) is 0 Å². The number of carbonyl (C=O) groups excluding carboxylic acids is 1. The average Bonchev–Trinajstić information content (AvgIpc) is 2.02. The van der Waals surface area contributed by atoms with Crippen molar-refractivity contribution in [2.45, 2.75) is 34.6 Å². The summed E-state index contributed by atoms with van der Waals surface area (Å²) in [6.45, 7) is 11.2. The van der Waals surface area contributed by atoms with E-state index < -0.39 is 0 Å². The highest BCUT2D eigenvalue weighted by molar-refractivity contribution is 5.73. The number of nitrogens with zero attached hydrogens (tertiary/aromatic N) is 1. The maximum atomic E-state index is 11.2. The summed E-state index contributed by atoms with van der Waals surface area (Å²) >= 11 is 0. The van der Waals surface area contributed by atoms with Crippen molar-refractivity contribution in [3.63, 3.8) is 0 Å². The van der Waals surface area contributed by atoms with Crippen LogP contribution in [0.1, 0.15) is 34.6 Å². The fraction of sp³-hybridized carbons (Fsp3) is 0.583. The Balaban J connectivity index is 4.24. The van der Waals surface area contributed by atoms with Crippen LogP contribution in [0.25, 0.3) is 0 Å². The first-order valence-corrected chi connectivity index (χ1v) is 4.95. The first kappa shape index (κ1) is 12.9. The molecule has 0 aromatic carbocycles. The van der Waals surface area contributed by atoms with Crippen molar-refractivity contribution >= 4 is 5.91 Å². The summed E-state index contributed by atoms with van der Waals surface area (Å²) in [4.78, 5) is 13.1. The van der Waals surface area contributed by atoms with Gasteiger partial charge in [0.2, 0.25) is 5.91 Å². The van der Waals surface area contributed by atoms with Gasteiger partial charge in [0, 0.05) is 20.0 Å². The number of hydrogen-bond acceptors (Lipinski definition) is 1. The zero-order valence-electron chi connectivity index (χ0n) is 9.92. The van der Waals surface area contributed by atoms with Gasteiger partial charge >= 0.3 is 0 Å². The van der Waals surface area contributed by atoms with E-state index in [1.165, 1.54) is 11.1 Å². The molecule has 0 atom stereocenters. The van der Waals surface area contributed by atoms with E-state index in [0.29, 0.717) is 13.1 Å². The Kier molecular flexibility index (Phi) is 5.93. The van der Waals surface area contributed by atoms with Crippen molar-refractivity contribution in [1.82, 2.24) is 4.90 Å². The lowest BCUT2D eigenvalue weighted by Gasteiger charge is -2.17. The van der Waals surface area contributed by atoms with Gasteiger partial charge in [-0.1, -0.05) is 23.3 Å². The number of amides is 1. The van der Waals surface area contributed by atoms with Crippen LogP contribution < -0.4 is 0 Å². The highest BCUT2D eigenvalue weighted by Crippen LogP contribution is 1.97. The van der Waals surface area contributed by atoms with E-state index in [2.05, 4.69) is 12.2 Å². The van der Waals surface area contributed by atoms with E-state index in [-0.39, 0.29) is 5.91 Å². The van der Waals surface area contributed by atoms with Gasteiger partial charge in [0.05, 0.1) is 0 Å². The Labute approximate surface area is 87.3 Å². The molecule has 0 heterocycles. The first-order valence-electron chi connectivity index (χ1n) is 4.95. The molecule has 80 valence electrons. The Bertz CT molecular complexity index is 223. The van der Waals surface area contributed by atoms with Gasteiger partial charge in [-0.3, -0.25) is 4.79 Å². The summed E-state index contributed by atoms with van der Waals surface area (Å²) in [7, 11) is 0. The van der Waals surface area contributed by atoms with E-state index in [1.807, 2.05) is 32.6 Å². The lowest BCUT2D eigenvalue weighted by Crippen LogP contribution is -2.29. The second-order valence-electron chi connectivity index (χ2n) is 3.99. The minimum atomic E-state index is 0.125. The zero-order chi connectivity index (χ0) is 11.1. The number of carbonyl (C=O) groups is 1. The van der Waals surface area contributed by atoms with Crippen molar-refractivity contribution in [3.8, 4) is 0 Å². The number of allylic oxidation sites excluding steroid dienone is 2. The summed E-state index contributed by atoms with van der Waals surface area (Å²) < 4.78 is 0. The standard InChI is InChI=1S/C12H21NO/c1-10(2)6-8-13(12(5)14)9-7-11(3)4/h6-7H,8-9H2,1-5H3. The molecular formula is C12H21NO. The maximum absolute atomic E-state index is 11.2. The highest BCUT2D eigenvalue weighted by atomic mass is 16.2. The Morgan fingerprint density at radius 3 is 1.50 bits per heavy atom. The predicted molar refractivity (Wildman–Crippen MR) is 61.1 cm³/mol. The van der Waals surface area contributed by atoms with Crippen molar-refractivity contribution in [2.24, 2.45) is 0 Å². The zero-order valence-corrected chi connectivity index (χ0v) is 9.92. The van der Waals surface area contributed by atoms with Gasteiger partial charge in [0.25, 0.3) is 0 Å². The third-order valence-corrected chi connectivity index (χ3v) is 1.89. The molecule has 0 aromatic rings. The minimum absolute atomic E-state index is 0.125. The molecule has 0 saturated carbocycles. The molecule has 2 heteroatoms. The summed E-state index contributed by atoms with van der Waals surface area (Å²) in [5, 5.41) is 0. The molecular weight excluding hydrogens is 174 g/mol. The third-order valence-electron chi connectivity index (χ3n) is 1.89. The van der Waals surface area contributed by atoms with Crippen LogP contribution in [-0.2, 0) is 4.79 Å². The first-order chi connectivity index (χ1) is 6.43. The van der Waals surface area contributed by atoms with Gasteiger partial charge in [-0.2, -0.15) is 0 Å². The van der Waals surface area contributed by atoms with Crippen molar-refractivity contribution < 1.29 is 4.79 Å². The largest absolute Gasteiger partial charge is 0.335 e. The molecule has 0 radical (unpaired) electrons. The monoisotopic (exact) mass is 195 g/mol. The summed E-state index contributed by atoms with van der Waals surface area (Å²) in [6, 6.07) is 0. The third kappa shape index (κ3) is 6.46. The molecule has 0 bridgehead atoms. The molecule has 0 saturated heterocycles. The molecule has 0 aliphatic heterocycles. The van der Waals surface area contributed by atoms with Gasteiger partial charge in [-0.25, -0.2) is 0 Å². The molecule has 2 nitrogen and oxygen atoms in total. The maximum Gasteiger partial charge on any atom is 0.220 e. The predicted octanol–water partition coefficient (Wildman–Crippen LogP) is 2.77. The molecule has 0 aliphatic rings. The van der Waals surface area contributed by atoms with Crippen molar-refractivity contribution in [2.75, 3.05) is 13.1 Å². The van der Waals surface area contributed by atoms with E-state index in [4.69, 9.17) is 0 Å². The second-order valence-corrected chi connectivity index (χ2v) is 3.99. The van der Waals surface area contributed by atoms with E-state index in [9.17, 15) is 4.79 Å². The van der Waals surface area contributed by atoms with Crippen LogP contribution in [0.3, 0.4) is 0 Å². The number of rotatable bonds is 4. The van der Waals surface area contributed by atoms with Gasteiger partial charge in [0.1, 0.15) is 0 Å². The van der Waals surface area contributed by atoms with Crippen molar-refractivity contribution in [3.05, 3.63) is 23.3 Å². The van der Waals surface area contributed by atoms with Crippen LogP contribution in [0.5, 0.6) is 0 Å². The molecule has 0 rings (SSSR count). The van der Waals surface area contributed by atoms with Crippen LogP contribution in [0, 0.1) is 0 Å². The topological polar surface area (TPSA) is 20.3 Å². The molecule has 0 aromatic heterocycles. The molecule has 0 aliphatic carbocycles. The van der Waals surface area contributed by atoms with Crippen LogP contribution in [-0.4, -0.2) is 23.9 Å². The fourth-order valence-electron chi connectivity index (χ4n) is 0.917. The Morgan fingerprint density at radius 2 is 1.29 bits per heavy atom. The van der Waals surface area contributed by atoms with Gasteiger partial charge in [0.15, 0.2) is 0 Å². The van der Waals surface area contributed by atoms with E-state index in [1.54, 1.807) is 6.92 Å². The molecule has 0 fully saturated rings. The molecule has 0 spiro atoms. The Morgan fingerprint density at radius 1 is 0.929 bits per heavy atom. The summed E-state index contributed by atoms with van der Waals surface area (Å²) in [5.41, 5.74) is 2.49. The molecule has 0 unspecified atom stereocenters. The summed E-state index contributed by atoms with van der Waals surface area (Å²) in [6.07, 6.45) is 4.14. The lowest BCUT2D eigenvalue weighted by atomic mass is 10.3. The fourth-order valence-corrected chi connectivity index (χ4v) is 0.917. The van der Waals surface area contributed by atoms with Crippen LogP contribution in [0.15, 0.2) is 23.3 Å². The van der Waals surface area contributed by atoms with Gasteiger partial charge in [-0.05, 0) is 27.7 Å². The Hall–Kier alpha value is -1.05. The van der Waals surface area contributed by atoms with Gasteiger partial charge in [-0.15, -0.1) is 0 Å². The van der Waals surface area contributed by atoms with Crippen LogP contribution >= 0.6 is 0 Å². The van der Waals surface area contributed by atoms with Gasteiger partial charge < -0.3 is 4.90 Å². The second kappa shape index (κ2) is 6.41. The number of hydrogen-bond donors (Lipinski definition) is 0. The quantitative estimate of drug-likeness (QED) is 0.632. The molecule has 0 N–H and O–H groups in total. The SMILES string of the molecule is CC(=O)N(CC=C(C)C)CC=C(C)C. The normalized spacial score (nSPS) is 9.21. The molecule has 1 amide bonds. The lowest BCUT2D eigenvalue weighted by molar-refractivity contribution is -0.127. The van der Waals surface area contributed by atoms with E-state index in [0.717, 1.165) is 0 Å².